The summed E-state index contributed by atoms with van der Waals surface area (Å²) in [6.45, 7) is 7.75. The fraction of sp³-hybridized carbons (Fsp3) is 0.500. The van der Waals surface area contributed by atoms with Crippen LogP contribution in [0.2, 0.25) is 0 Å². The minimum Gasteiger partial charge on any atom is -0.341 e. The maximum Gasteiger partial charge on any atom is 0.226 e. The topological polar surface area (TPSA) is 80.0 Å². The van der Waals surface area contributed by atoms with Crippen LogP contribution in [0, 0.1) is 32.5 Å². The summed E-state index contributed by atoms with van der Waals surface area (Å²) in [6.07, 6.45) is 4.32. The number of carbonyl (C=O) groups is 1. The second-order valence-corrected chi connectivity index (χ2v) is 9.66. The maximum atomic E-state index is 14.5. The first-order valence-corrected chi connectivity index (χ1v) is 11.5. The Labute approximate surface area is 191 Å². The van der Waals surface area contributed by atoms with Crippen LogP contribution in [0.5, 0.6) is 0 Å². The van der Waals surface area contributed by atoms with Crippen LogP contribution < -0.4 is 4.90 Å². The van der Waals surface area contributed by atoms with E-state index in [0.717, 1.165) is 16.3 Å². The van der Waals surface area contributed by atoms with Crippen LogP contribution in [0.25, 0.3) is 11.4 Å². The Hall–Kier alpha value is -2.88. The van der Waals surface area contributed by atoms with Crippen molar-refractivity contribution in [1.29, 1.82) is 0 Å². The molecule has 4 rings (SSSR count). The first-order chi connectivity index (χ1) is 15.2. The van der Waals surface area contributed by atoms with E-state index in [4.69, 9.17) is 0 Å². The quantitative estimate of drug-likeness (QED) is 0.585. The zero-order chi connectivity index (χ0) is 23.0. The highest BCUT2D eigenvalue weighted by atomic mass is 32.1. The largest absolute Gasteiger partial charge is 0.341 e. The molecule has 0 saturated carbocycles. The number of hydrogen-bond donors (Lipinski definition) is 0. The molecular formula is C22H28FN7OS. The van der Waals surface area contributed by atoms with Gasteiger partial charge in [0.1, 0.15) is 10.7 Å². The van der Waals surface area contributed by atoms with Gasteiger partial charge in [0.2, 0.25) is 11.9 Å². The van der Waals surface area contributed by atoms with Crippen LogP contribution in [-0.2, 0) is 18.4 Å². The monoisotopic (exact) mass is 457 g/mol. The Balaban J connectivity index is 1.41. The summed E-state index contributed by atoms with van der Waals surface area (Å²) in [4.78, 5) is 31.2. The molecule has 0 atom stereocenters. The number of piperidine rings is 1. The number of amides is 1. The molecular weight excluding hydrogens is 429 g/mol. The van der Waals surface area contributed by atoms with Crippen molar-refractivity contribution in [3.8, 4) is 11.4 Å². The lowest BCUT2D eigenvalue weighted by Crippen LogP contribution is -2.41. The minimum absolute atomic E-state index is 0.0438. The van der Waals surface area contributed by atoms with Gasteiger partial charge >= 0.3 is 0 Å². The van der Waals surface area contributed by atoms with Gasteiger partial charge in [0.25, 0.3) is 0 Å². The fourth-order valence-electron chi connectivity index (χ4n) is 4.09. The van der Waals surface area contributed by atoms with Crippen molar-refractivity contribution in [1.82, 2.24) is 29.6 Å². The third-order valence-electron chi connectivity index (χ3n) is 6.03. The second kappa shape index (κ2) is 8.93. The molecule has 8 nitrogen and oxygen atoms in total. The van der Waals surface area contributed by atoms with Gasteiger partial charge in [-0.15, -0.1) is 11.3 Å². The second-order valence-electron chi connectivity index (χ2n) is 8.37. The van der Waals surface area contributed by atoms with Gasteiger partial charge in [0.05, 0.1) is 30.3 Å². The van der Waals surface area contributed by atoms with Gasteiger partial charge in [-0.25, -0.2) is 19.3 Å². The van der Waals surface area contributed by atoms with Crippen LogP contribution >= 0.6 is 11.3 Å². The molecule has 10 heteroatoms. The zero-order valence-electron chi connectivity index (χ0n) is 19.1. The van der Waals surface area contributed by atoms with Crippen molar-refractivity contribution in [2.24, 2.45) is 13.0 Å². The third kappa shape index (κ3) is 4.36. The Kier molecular flexibility index (Phi) is 6.23. The lowest BCUT2D eigenvalue weighted by atomic mass is 9.95. The van der Waals surface area contributed by atoms with Crippen molar-refractivity contribution in [3.05, 3.63) is 39.4 Å². The number of aromatic nitrogens is 5. The first kappa shape index (κ1) is 22.3. The average Bonchev–Trinajstić information content (AvgIpc) is 3.27. The predicted octanol–water partition coefficient (Wildman–Crippen LogP) is 3.27. The molecule has 0 bridgehead atoms. The Bertz CT molecular complexity index is 1090. The lowest BCUT2D eigenvalue weighted by Gasteiger charge is -2.33. The number of nitrogens with zero attached hydrogens (tertiary/aromatic N) is 7. The lowest BCUT2D eigenvalue weighted by molar-refractivity contribution is -0.135. The summed E-state index contributed by atoms with van der Waals surface area (Å²) in [7, 11) is 3.61. The van der Waals surface area contributed by atoms with Crippen molar-refractivity contribution < 1.29 is 9.18 Å². The summed E-state index contributed by atoms with van der Waals surface area (Å²) in [5, 5.41) is 5.15. The average molecular weight is 458 g/mol. The molecule has 0 N–H and O–H groups in total. The summed E-state index contributed by atoms with van der Waals surface area (Å²) >= 11 is 1.64. The molecule has 0 radical (unpaired) electrons. The number of carbonyl (C=O) groups excluding carboxylic acids is 1. The summed E-state index contributed by atoms with van der Waals surface area (Å²) in [6, 6.07) is 0. The maximum absolute atomic E-state index is 14.5. The van der Waals surface area contributed by atoms with Crippen LogP contribution in [0.1, 0.15) is 34.0 Å². The first-order valence-electron chi connectivity index (χ1n) is 10.7. The highest BCUT2D eigenvalue weighted by Gasteiger charge is 2.29. The molecule has 0 aliphatic carbocycles. The van der Waals surface area contributed by atoms with Crippen LogP contribution in [0.4, 0.5) is 10.3 Å². The Morgan fingerprint density at radius 1 is 1.22 bits per heavy atom. The molecule has 4 heterocycles. The summed E-state index contributed by atoms with van der Waals surface area (Å²) in [5.74, 6) is 0.105. The fourth-order valence-corrected chi connectivity index (χ4v) is 5.08. The van der Waals surface area contributed by atoms with Gasteiger partial charge in [0.15, 0.2) is 5.82 Å². The number of anilines is 1. The molecule has 3 aromatic heterocycles. The molecule has 1 fully saturated rings. The van der Waals surface area contributed by atoms with Gasteiger partial charge in [-0.1, -0.05) is 0 Å². The minimum atomic E-state index is -0.472. The standard InChI is InChI=1S/C22H28FN7OS/c1-13-10-25-29(5)20(13)19-17(23)11-24-22(27-19)30-8-6-16(7-9-30)21(31)28(4)12-18-26-14(2)15(3)32-18/h10-11,16H,6-9,12H2,1-5H3. The van der Waals surface area contributed by atoms with E-state index < -0.39 is 5.82 Å². The number of halogens is 1. The smallest absolute Gasteiger partial charge is 0.226 e. The van der Waals surface area contributed by atoms with Gasteiger partial charge in [-0.3, -0.25) is 9.48 Å². The van der Waals surface area contributed by atoms with E-state index in [0.29, 0.717) is 44.1 Å². The van der Waals surface area contributed by atoms with E-state index in [2.05, 4.69) is 20.1 Å². The number of aryl methyl sites for hydroxylation is 4. The van der Waals surface area contributed by atoms with Crippen molar-refractivity contribution >= 4 is 23.2 Å². The van der Waals surface area contributed by atoms with Gasteiger partial charge in [-0.2, -0.15) is 5.10 Å². The molecule has 1 aliphatic rings. The van der Waals surface area contributed by atoms with E-state index in [1.807, 2.05) is 32.7 Å². The van der Waals surface area contributed by atoms with E-state index in [1.54, 1.807) is 34.2 Å². The molecule has 1 aliphatic heterocycles. The Morgan fingerprint density at radius 3 is 2.53 bits per heavy atom. The van der Waals surface area contributed by atoms with E-state index in [-0.39, 0.29) is 17.5 Å². The van der Waals surface area contributed by atoms with E-state index in [9.17, 15) is 9.18 Å². The van der Waals surface area contributed by atoms with E-state index in [1.165, 1.54) is 11.1 Å². The number of thiazole rings is 1. The zero-order valence-corrected chi connectivity index (χ0v) is 19.9. The van der Waals surface area contributed by atoms with E-state index >= 15 is 0 Å². The molecule has 1 amide bonds. The van der Waals surface area contributed by atoms with Crippen molar-refractivity contribution in [2.45, 2.75) is 40.2 Å². The van der Waals surface area contributed by atoms with Gasteiger partial charge < -0.3 is 9.80 Å². The van der Waals surface area contributed by atoms with Crippen molar-refractivity contribution in [3.63, 3.8) is 0 Å². The molecule has 1 saturated heterocycles. The molecule has 32 heavy (non-hydrogen) atoms. The number of rotatable bonds is 5. The molecule has 0 unspecified atom stereocenters. The highest BCUT2D eigenvalue weighted by molar-refractivity contribution is 7.11. The summed E-state index contributed by atoms with van der Waals surface area (Å²) in [5.41, 5.74) is 2.78. The molecule has 0 aromatic carbocycles. The third-order valence-corrected chi connectivity index (χ3v) is 7.08. The predicted molar refractivity (Wildman–Crippen MR) is 122 cm³/mol. The molecule has 3 aromatic rings. The summed E-state index contributed by atoms with van der Waals surface area (Å²) < 4.78 is 16.1. The molecule has 0 spiro atoms. The van der Waals surface area contributed by atoms with Crippen LogP contribution in [0.3, 0.4) is 0 Å². The number of hydrogen-bond acceptors (Lipinski definition) is 7. The van der Waals surface area contributed by atoms with Crippen molar-refractivity contribution in [2.75, 3.05) is 25.0 Å². The molecule has 170 valence electrons. The van der Waals surface area contributed by atoms with Gasteiger partial charge in [0, 0.05) is 38.0 Å². The normalized spacial score (nSPS) is 14.8. The Morgan fingerprint density at radius 2 is 1.94 bits per heavy atom. The van der Waals surface area contributed by atoms with Crippen LogP contribution in [0.15, 0.2) is 12.4 Å². The SMILES string of the molecule is Cc1cnn(C)c1-c1nc(N2CCC(C(=O)N(C)Cc3nc(C)c(C)s3)CC2)ncc1F. The van der Waals surface area contributed by atoms with Gasteiger partial charge in [-0.05, 0) is 39.2 Å². The van der Waals surface area contributed by atoms with Crippen LogP contribution in [-0.4, -0.2) is 55.7 Å². The highest BCUT2D eigenvalue weighted by Crippen LogP contribution is 2.28.